The van der Waals surface area contributed by atoms with Gasteiger partial charge in [0.2, 0.25) is 0 Å². The Bertz CT molecular complexity index is 1140. The number of pyridine rings is 1. The SMILES string of the molecule is CCNC(=O)Nc1cc(CNC2=C(C(=O)Nc3ccc4c(c3)OC(F)(F)O4)CNN2C)ccn1. The molecule has 0 radical (unpaired) electrons. The molecular weight excluding hydrogens is 452 g/mol. The maximum absolute atomic E-state index is 13.2. The summed E-state index contributed by atoms with van der Waals surface area (Å²) in [6.45, 7) is 2.91. The fraction of sp³-hybridized carbons (Fsp3) is 0.286. The number of nitrogens with one attached hydrogen (secondary N) is 5. The second kappa shape index (κ2) is 9.39. The van der Waals surface area contributed by atoms with E-state index in [9.17, 15) is 18.4 Å². The Morgan fingerprint density at radius 2 is 1.97 bits per heavy atom. The minimum atomic E-state index is -3.73. The fourth-order valence-electron chi connectivity index (χ4n) is 3.37. The van der Waals surface area contributed by atoms with E-state index >= 15 is 0 Å². The van der Waals surface area contributed by atoms with Gasteiger partial charge < -0.3 is 25.4 Å². The molecule has 0 fully saturated rings. The number of carbonyl (C=O) groups is 2. The van der Waals surface area contributed by atoms with E-state index in [-0.39, 0.29) is 29.8 Å². The Labute approximate surface area is 193 Å². The van der Waals surface area contributed by atoms with Gasteiger partial charge in [0, 0.05) is 44.6 Å². The first-order valence-electron chi connectivity index (χ1n) is 10.4. The molecule has 11 nitrogen and oxygen atoms in total. The molecule has 0 saturated heterocycles. The molecule has 5 N–H and O–H groups in total. The summed E-state index contributed by atoms with van der Waals surface area (Å²) in [6, 6.07) is 7.16. The van der Waals surface area contributed by atoms with Crippen molar-refractivity contribution < 1.29 is 27.8 Å². The molecular formula is C21H23F2N7O4. The topological polar surface area (TPSA) is 129 Å². The predicted octanol–water partition coefficient (Wildman–Crippen LogP) is 1.93. The number of hydrogen-bond acceptors (Lipinski definition) is 8. The van der Waals surface area contributed by atoms with E-state index in [1.807, 2.05) is 6.92 Å². The number of benzene rings is 1. The number of amides is 3. The molecule has 1 aromatic carbocycles. The summed E-state index contributed by atoms with van der Waals surface area (Å²) in [7, 11) is 1.75. The number of alkyl halides is 2. The molecule has 180 valence electrons. The van der Waals surface area contributed by atoms with Gasteiger partial charge in [0.15, 0.2) is 11.5 Å². The van der Waals surface area contributed by atoms with Crippen molar-refractivity contribution >= 4 is 23.4 Å². The highest BCUT2D eigenvalue weighted by molar-refractivity contribution is 6.05. The highest BCUT2D eigenvalue weighted by Gasteiger charge is 2.43. The van der Waals surface area contributed by atoms with Crippen LogP contribution in [-0.2, 0) is 11.3 Å². The van der Waals surface area contributed by atoms with Gasteiger partial charge in [-0.1, -0.05) is 0 Å². The molecule has 34 heavy (non-hydrogen) atoms. The molecule has 3 heterocycles. The average molecular weight is 475 g/mol. The van der Waals surface area contributed by atoms with Crippen LogP contribution in [0.2, 0.25) is 0 Å². The number of halogens is 2. The Morgan fingerprint density at radius 3 is 2.76 bits per heavy atom. The van der Waals surface area contributed by atoms with Crippen LogP contribution in [-0.4, -0.2) is 48.4 Å². The molecule has 0 atom stereocenters. The molecule has 0 bridgehead atoms. The highest BCUT2D eigenvalue weighted by atomic mass is 19.3. The lowest BCUT2D eigenvalue weighted by Crippen LogP contribution is -2.33. The zero-order valence-electron chi connectivity index (χ0n) is 18.4. The predicted molar refractivity (Wildman–Crippen MR) is 118 cm³/mol. The van der Waals surface area contributed by atoms with Crippen LogP contribution in [0.1, 0.15) is 12.5 Å². The van der Waals surface area contributed by atoms with Crippen LogP contribution in [0.3, 0.4) is 0 Å². The number of aromatic nitrogens is 1. The largest absolute Gasteiger partial charge is 0.586 e. The summed E-state index contributed by atoms with van der Waals surface area (Å²) in [5.41, 5.74) is 4.56. The van der Waals surface area contributed by atoms with E-state index in [0.717, 1.165) is 5.56 Å². The third-order valence-electron chi connectivity index (χ3n) is 4.91. The average Bonchev–Trinajstić information content (AvgIpc) is 3.29. The number of ether oxygens (including phenoxy) is 2. The van der Waals surface area contributed by atoms with Crippen molar-refractivity contribution in [2.24, 2.45) is 0 Å². The van der Waals surface area contributed by atoms with Crippen molar-refractivity contribution in [3.05, 3.63) is 53.5 Å². The molecule has 0 spiro atoms. The summed E-state index contributed by atoms with van der Waals surface area (Å²) >= 11 is 0. The van der Waals surface area contributed by atoms with Crippen LogP contribution in [0.25, 0.3) is 0 Å². The quantitative estimate of drug-likeness (QED) is 0.411. The Morgan fingerprint density at radius 1 is 1.18 bits per heavy atom. The first-order chi connectivity index (χ1) is 16.2. The van der Waals surface area contributed by atoms with E-state index in [4.69, 9.17) is 0 Å². The zero-order valence-corrected chi connectivity index (χ0v) is 18.4. The Kier molecular flexibility index (Phi) is 6.36. The maximum Gasteiger partial charge on any atom is 0.586 e. The van der Waals surface area contributed by atoms with Crippen molar-refractivity contribution in [1.82, 2.24) is 26.1 Å². The smallest absolute Gasteiger partial charge is 0.395 e. The van der Waals surface area contributed by atoms with Crippen LogP contribution >= 0.6 is 0 Å². The van der Waals surface area contributed by atoms with Gasteiger partial charge in [-0.3, -0.25) is 15.1 Å². The van der Waals surface area contributed by atoms with Gasteiger partial charge in [-0.25, -0.2) is 15.2 Å². The first kappa shape index (κ1) is 23.0. The van der Waals surface area contributed by atoms with Crippen LogP contribution in [0, 0.1) is 0 Å². The molecule has 0 aliphatic carbocycles. The molecule has 0 saturated carbocycles. The van der Waals surface area contributed by atoms with Gasteiger partial charge in [-0.05, 0) is 36.8 Å². The van der Waals surface area contributed by atoms with E-state index in [0.29, 0.717) is 30.3 Å². The summed E-state index contributed by atoms with van der Waals surface area (Å²) < 4.78 is 35.3. The monoisotopic (exact) mass is 475 g/mol. The van der Waals surface area contributed by atoms with E-state index in [1.54, 1.807) is 30.4 Å². The van der Waals surface area contributed by atoms with Gasteiger partial charge in [0.05, 0.1) is 5.57 Å². The van der Waals surface area contributed by atoms with Crippen molar-refractivity contribution in [1.29, 1.82) is 0 Å². The number of hydrogen-bond donors (Lipinski definition) is 5. The van der Waals surface area contributed by atoms with Gasteiger partial charge >= 0.3 is 12.3 Å². The summed E-state index contributed by atoms with van der Waals surface area (Å²) in [5, 5.41) is 12.8. The molecule has 1 aromatic heterocycles. The third kappa shape index (κ3) is 5.26. The Hall–Kier alpha value is -4.13. The van der Waals surface area contributed by atoms with Gasteiger partial charge in [-0.15, -0.1) is 8.78 Å². The number of fused-ring (bicyclic) bond motifs is 1. The molecule has 2 aliphatic heterocycles. The van der Waals surface area contributed by atoms with Crippen molar-refractivity contribution in [2.75, 3.05) is 30.8 Å². The highest BCUT2D eigenvalue weighted by Crippen LogP contribution is 2.42. The first-order valence-corrected chi connectivity index (χ1v) is 10.4. The van der Waals surface area contributed by atoms with Gasteiger partial charge in [0.1, 0.15) is 11.6 Å². The molecule has 2 aliphatic rings. The lowest BCUT2D eigenvalue weighted by molar-refractivity contribution is -0.286. The number of urea groups is 1. The summed E-state index contributed by atoms with van der Waals surface area (Å²) in [6.07, 6.45) is -2.16. The van der Waals surface area contributed by atoms with E-state index in [1.165, 1.54) is 18.2 Å². The molecule has 2 aromatic rings. The molecule has 3 amide bonds. The van der Waals surface area contributed by atoms with Crippen molar-refractivity contribution in [3.8, 4) is 11.5 Å². The Balaban J connectivity index is 1.43. The van der Waals surface area contributed by atoms with Crippen molar-refractivity contribution in [2.45, 2.75) is 19.8 Å². The lowest BCUT2D eigenvalue weighted by Gasteiger charge is -2.18. The van der Waals surface area contributed by atoms with Crippen LogP contribution in [0.4, 0.5) is 25.1 Å². The van der Waals surface area contributed by atoms with Crippen LogP contribution in [0.5, 0.6) is 11.5 Å². The van der Waals surface area contributed by atoms with Crippen LogP contribution < -0.4 is 36.2 Å². The molecule has 0 unspecified atom stereocenters. The standard InChI is InChI=1S/C21H23F2N7O4/c1-3-24-20(32)29-17-8-12(6-7-25-17)10-26-18-14(11-27-30(18)2)19(31)28-13-4-5-15-16(9-13)34-21(22,23)33-15/h4-9,26-27H,3,10-11H2,1-2H3,(H,28,31)(H2,24,25,29,32). The third-order valence-corrected chi connectivity index (χ3v) is 4.91. The van der Waals surface area contributed by atoms with Crippen molar-refractivity contribution in [3.63, 3.8) is 0 Å². The maximum atomic E-state index is 13.2. The number of anilines is 2. The zero-order chi connectivity index (χ0) is 24.3. The fourth-order valence-corrected chi connectivity index (χ4v) is 3.37. The van der Waals surface area contributed by atoms with E-state index < -0.39 is 12.2 Å². The molecule has 13 heteroatoms. The lowest BCUT2D eigenvalue weighted by atomic mass is 10.2. The van der Waals surface area contributed by atoms with Crippen LogP contribution in [0.15, 0.2) is 47.9 Å². The second-order valence-electron chi connectivity index (χ2n) is 7.39. The minimum absolute atomic E-state index is 0.106. The summed E-state index contributed by atoms with van der Waals surface area (Å²) in [4.78, 5) is 28.7. The second-order valence-corrected chi connectivity index (χ2v) is 7.39. The van der Waals surface area contributed by atoms with Gasteiger partial charge in [-0.2, -0.15) is 0 Å². The number of carbonyl (C=O) groups excluding carboxylic acids is 2. The van der Waals surface area contributed by atoms with E-state index in [2.05, 4.69) is 41.2 Å². The molecule has 4 rings (SSSR count). The van der Waals surface area contributed by atoms with Gasteiger partial charge in [0.25, 0.3) is 5.91 Å². The normalized spacial score (nSPS) is 15.8. The number of hydrazine groups is 1. The minimum Gasteiger partial charge on any atom is -0.395 e. The summed E-state index contributed by atoms with van der Waals surface area (Å²) in [5.74, 6) is 0.248. The number of rotatable bonds is 7. The number of nitrogens with zero attached hydrogens (tertiary/aromatic N) is 2.